The number of benzene rings is 1. The Bertz CT molecular complexity index is 445. The lowest BCUT2D eigenvalue weighted by atomic mass is 10.1. The number of nitrogens with two attached hydrogens (primary N) is 1. The van der Waals surface area contributed by atoms with Gasteiger partial charge in [-0.1, -0.05) is 11.6 Å². The molecule has 0 aliphatic rings. The summed E-state index contributed by atoms with van der Waals surface area (Å²) >= 11 is 6.09. The zero-order valence-corrected chi connectivity index (χ0v) is 13.4. The fourth-order valence-electron chi connectivity index (χ4n) is 1.83. The monoisotopic (exact) mass is 314 g/mol. The highest BCUT2D eigenvalue weighted by Gasteiger charge is 2.18. The molecule has 0 radical (unpaired) electrons. The Morgan fingerprint density at radius 3 is 2.29 bits per heavy atom. The third-order valence-corrected chi connectivity index (χ3v) is 3.26. The van der Waals surface area contributed by atoms with E-state index in [4.69, 9.17) is 26.8 Å². The molecule has 0 spiro atoms. The highest BCUT2D eigenvalue weighted by molar-refractivity contribution is 6.34. The van der Waals surface area contributed by atoms with Crippen LogP contribution in [0.5, 0.6) is 0 Å². The number of ether oxygens (including phenoxy) is 2. The summed E-state index contributed by atoms with van der Waals surface area (Å²) in [7, 11) is 0. The van der Waals surface area contributed by atoms with E-state index in [1.54, 1.807) is 23.1 Å². The van der Waals surface area contributed by atoms with Crippen LogP contribution in [0.1, 0.15) is 24.2 Å². The van der Waals surface area contributed by atoms with E-state index in [1.165, 1.54) is 0 Å². The lowest BCUT2D eigenvalue weighted by Crippen LogP contribution is -2.37. The van der Waals surface area contributed by atoms with E-state index in [-0.39, 0.29) is 5.91 Å². The minimum atomic E-state index is -0.160. The smallest absolute Gasteiger partial charge is 0.255 e. The molecule has 118 valence electrons. The minimum absolute atomic E-state index is 0.160. The Morgan fingerprint density at radius 1 is 1.19 bits per heavy atom. The van der Waals surface area contributed by atoms with Crippen LogP contribution in [0.3, 0.4) is 0 Å². The molecule has 21 heavy (non-hydrogen) atoms. The largest absolute Gasteiger partial charge is 0.399 e. The fourth-order valence-corrected chi connectivity index (χ4v) is 2.03. The van der Waals surface area contributed by atoms with Crippen molar-refractivity contribution in [3.63, 3.8) is 0 Å². The second-order valence-electron chi connectivity index (χ2n) is 4.43. The summed E-state index contributed by atoms with van der Waals surface area (Å²) in [5.41, 5.74) is 6.65. The normalized spacial score (nSPS) is 10.6. The van der Waals surface area contributed by atoms with Crippen LogP contribution >= 0.6 is 11.6 Å². The molecule has 2 N–H and O–H groups in total. The average Bonchev–Trinajstić information content (AvgIpc) is 2.48. The molecule has 6 heteroatoms. The molecular formula is C15H23ClN2O3. The number of halogens is 1. The van der Waals surface area contributed by atoms with Gasteiger partial charge in [0.1, 0.15) is 0 Å². The highest BCUT2D eigenvalue weighted by Crippen LogP contribution is 2.20. The lowest BCUT2D eigenvalue weighted by Gasteiger charge is -2.23. The topological polar surface area (TPSA) is 64.8 Å². The number of amides is 1. The van der Waals surface area contributed by atoms with Crippen LogP contribution in [-0.2, 0) is 9.47 Å². The van der Waals surface area contributed by atoms with Crippen molar-refractivity contribution in [3.8, 4) is 0 Å². The first-order valence-electron chi connectivity index (χ1n) is 7.09. The lowest BCUT2D eigenvalue weighted by molar-refractivity contribution is 0.0550. The van der Waals surface area contributed by atoms with Crippen molar-refractivity contribution in [3.05, 3.63) is 28.8 Å². The van der Waals surface area contributed by atoms with Gasteiger partial charge in [-0.05, 0) is 32.0 Å². The Balaban J connectivity index is 2.79. The Kier molecular flexibility index (Phi) is 8.12. The third kappa shape index (κ3) is 5.91. The predicted molar refractivity (Wildman–Crippen MR) is 84.8 cm³/mol. The van der Waals surface area contributed by atoms with E-state index in [2.05, 4.69) is 0 Å². The van der Waals surface area contributed by atoms with Crippen molar-refractivity contribution < 1.29 is 14.3 Å². The van der Waals surface area contributed by atoms with Crippen LogP contribution in [0.15, 0.2) is 18.2 Å². The summed E-state index contributed by atoms with van der Waals surface area (Å²) in [4.78, 5) is 14.3. The first kappa shape index (κ1) is 17.8. The summed E-state index contributed by atoms with van der Waals surface area (Å²) in [6.45, 7) is 7.01. The summed E-state index contributed by atoms with van der Waals surface area (Å²) in [6, 6.07) is 4.90. The minimum Gasteiger partial charge on any atom is -0.399 e. The number of hydrogen-bond donors (Lipinski definition) is 1. The molecule has 5 nitrogen and oxygen atoms in total. The van der Waals surface area contributed by atoms with E-state index >= 15 is 0 Å². The zero-order valence-electron chi connectivity index (χ0n) is 12.6. The zero-order chi connectivity index (χ0) is 15.7. The molecule has 1 aromatic rings. The van der Waals surface area contributed by atoms with Gasteiger partial charge in [-0.2, -0.15) is 0 Å². The molecule has 0 atom stereocenters. The number of nitrogen functional groups attached to an aromatic ring is 1. The molecule has 0 heterocycles. The first-order chi connectivity index (χ1) is 10.1. The summed E-state index contributed by atoms with van der Waals surface area (Å²) in [6.07, 6.45) is 0. The Hall–Kier alpha value is -1.30. The number of carbonyl (C=O) groups is 1. The van der Waals surface area contributed by atoms with E-state index in [0.29, 0.717) is 55.8 Å². The summed E-state index contributed by atoms with van der Waals surface area (Å²) in [5.74, 6) is -0.160. The number of carbonyl (C=O) groups excluding carboxylic acids is 1. The van der Waals surface area contributed by atoms with Crippen molar-refractivity contribution in [2.75, 3.05) is 45.3 Å². The number of nitrogens with zero attached hydrogens (tertiary/aromatic N) is 1. The van der Waals surface area contributed by atoms with Crippen molar-refractivity contribution in [2.45, 2.75) is 13.8 Å². The van der Waals surface area contributed by atoms with Crippen molar-refractivity contribution >= 4 is 23.2 Å². The SMILES string of the molecule is CCOCCN(CCOCC)C(=O)c1cc(N)ccc1Cl. The van der Waals surface area contributed by atoms with Gasteiger partial charge >= 0.3 is 0 Å². The molecule has 1 aromatic carbocycles. The van der Waals surface area contributed by atoms with E-state index in [0.717, 1.165) is 0 Å². The van der Waals surface area contributed by atoms with E-state index < -0.39 is 0 Å². The van der Waals surface area contributed by atoms with Crippen LogP contribution in [0.25, 0.3) is 0 Å². The van der Waals surface area contributed by atoms with Crippen LogP contribution in [-0.4, -0.2) is 50.3 Å². The van der Waals surface area contributed by atoms with Crippen LogP contribution in [0, 0.1) is 0 Å². The fraction of sp³-hybridized carbons (Fsp3) is 0.533. The summed E-state index contributed by atoms with van der Waals surface area (Å²) < 4.78 is 10.6. The van der Waals surface area contributed by atoms with Gasteiger partial charge in [0.25, 0.3) is 5.91 Å². The first-order valence-corrected chi connectivity index (χ1v) is 7.47. The summed E-state index contributed by atoms with van der Waals surface area (Å²) in [5, 5.41) is 0.395. The maximum absolute atomic E-state index is 12.6. The van der Waals surface area contributed by atoms with Crippen LogP contribution < -0.4 is 5.73 Å². The van der Waals surface area contributed by atoms with Crippen molar-refractivity contribution in [2.24, 2.45) is 0 Å². The highest BCUT2D eigenvalue weighted by atomic mass is 35.5. The molecular weight excluding hydrogens is 292 g/mol. The Labute approximate surface area is 131 Å². The van der Waals surface area contributed by atoms with E-state index in [9.17, 15) is 4.79 Å². The maximum Gasteiger partial charge on any atom is 0.255 e. The molecule has 0 unspecified atom stereocenters. The predicted octanol–water partition coefficient (Wildman–Crippen LogP) is 2.44. The van der Waals surface area contributed by atoms with Crippen LogP contribution in [0.2, 0.25) is 5.02 Å². The van der Waals surface area contributed by atoms with Crippen LogP contribution in [0.4, 0.5) is 5.69 Å². The molecule has 0 bridgehead atoms. The molecule has 1 amide bonds. The standard InChI is InChI=1S/C15H23ClN2O3/c1-3-20-9-7-18(8-10-21-4-2)15(19)13-11-12(17)5-6-14(13)16/h5-6,11H,3-4,7-10,17H2,1-2H3. The molecule has 0 aliphatic carbocycles. The van der Waals surface area contributed by atoms with E-state index in [1.807, 2.05) is 13.8 Å². The quantitative estimate of drug-likeness (QED) is 0.561. The second kappa shape index (κ2) is 9.60. The third-order valence-electron chi connectivity index (χ3n) is 2.93. The van der Waals surface area contributed by atoms with Gasteiger partial charge in [-0.3, -0.25) is 4.79 Å². The van der Waals surface area contributed by atoms with Gasteiger partial charge in [0.05, 0.1) is 23.8 Å². The number of anilines is 1. The van der Waals surface area contributed by atoms with Gasteiger partial charge in [-0.25, -0.2) is 0 Å². The van der Waals surface area contributed by atoms with Gasteiger partial charge in [0.15, 0.2) is 0 Å². The average molecular weight is 315 g/mol. The maximum atomic E-state index is 12.6. The molecule has 0 saturated carbocycles. The molecule has 0 aliphatic heterocycles. The molecule has 1 rings (SSSR count). The van der Waals surface area contributed by atoms with Crippen molar-refractivity contribution in [1.82, 2.24) is 4.90 Å². The molecule has 0 fully saturated rings. The number of rotatable bonds is 9. The Morgan fingerprint density at radius 2 is 1.76 bits per heavy atom. The molecule has 0 saturated heterocycles. The number of hydrogen-bond acceptors (Lipinski definition) is 4. The van der Waals surface area contributed by atoms with Gasteiger partial charge in [-0.15, -0.1) is 0 Å². The molecule has 0 aromatic heterocycles. The van der Waals surface area contributed by atoms with Crippen molar-refractivity contribution in [1.29, 1.82) is 0 Å². The van der Waals surface area contributed by atoms with Gasteiger partial charge in [0, 0.05) is 32.0 Å². The van der Waals surface area contributed by atoms with Gasteiger partial charge in [0.2, 0.25) is 0 Å². The van der Waals surface area contributed by atoms with Gasteiger partial charge < -0.3 is 20.1 Å². The second-order valence-corrected chi connectivity index (χ2v) is 4.83.